The number of methoxy groups -OCH3 is 1. The SMILES string of the molecule is COC(=O)c1cccc(CC2CC(CO[Si](C)(C)C(C)(C)C)N(C(=O)OC(C)(C)C)C2=O)c1. The fraction of sp³-hybridized carbons (Fsp3) is 0.640. The van der Waals surface area contributed by atoms with E-state index in [0.29, 0.717) is 25.0 Å². The molecule has 0 N–H and O–H groups in total. The number of nitrogens with zero attached hydrogens (tertiary/aromatic N) is 1. The number of esters is 1. The first-order valence-electron chi connectivity index (χ1n) is 11.4. The average molecular weight is 478 g/mol. The third-order valence-corrected chi connectivity index (χ3v) is 10.9. The summed E-state index contributed by atoms with van der Waals surface area (Å²) >= 11 is 0. The lowest BCUT2D eigenvalue weighted by atomic mass is 9.95. The second kappa shape index (κ2) is 9.97. The van der Waals surface area contributed by atoms with Crippen molar-refractivity contribution in [1.29, 1.82) is 0 Å². The largest absolute Gasteiger partial charge is 0.465 e. The summed E-state index contributed by atoms with van der Waals surface area (Å²) in [5.74, 6) is -1.10. The van der Waals surface area contributed by atoms with Crippen molar-refractivity contribution in [3.05, 3.63) is 35.4 Å². The first-order valence-corrected chi connectivity index (χ1v) is 14.3. The maximum Gasteiger partial charge on any atom is 0.417 e. The van der Waals surface area contributed by atoms with Crippen LogP contribution in [-0.4, -0.2) is 56.5 Å². The van der Waals surface area contributed by atoms with Gasteiger partial charge in [-0.1, -0.05) is 32.9 Å². The molecule has 1 heterocycles. The zero-order valence-corrected chi connectivity index (χ0v) is 22.5. The van der Waals surface area contributed by atoms with Gasteiger partial charge in [0.15, 0.2) is 8.32 Å². The Hall–Kier alpha value is -2.19. The zero-order valence-electron chi connectivity index (χ0n) is 21.5. The van der Waals surface area contributed by atoms with Crippen LogP contribution in [0.25, 0.3) is 0 Å². The van der Waals surface area contributed by atoms with E-state index in [1.165, 1.54) is 12.0 Å². The minimum absolute atomic E-state index is 0.0140. The highest BCUT2D eigenvalue weighted by Crippen LogP contribution is 2.38. The van der Waals surface area contributed by atoms with E-state index in [0.717, 1.165) is 5.56 Å². The molecule has 33 heavy (non-hydrogen) atoms. The summed E-state index contributed by atoms with van der Waals surface area (Å²) in [5.41, 5.74) is 0.559. The number of hydrogen-bond acceptors (Lipinski definition) is 6. The molecule has 0 aliphatic carbocycles. The topological polar surface area (TPSA) is 82.1 Å². The van der Waals surface area contributed by atoms with E-state index in [4.69, 9.17) is 13.9 Å². The van der Waals surface area contributed by atoms with E-state index in [-0.39, 0.29) is 10.9 Å². The summed E-state index contributed by atoms with van der Waals surface area (Å²) in [7, 11) is -0.733. The van der Waals surface area contributed by atoms with Crippen LogP contribution in [0.15, 0.2) is 24.3 Å². The van der Waals surface area contributed by atoms with Crippen molar-refractivity contribution in [2.75, 3.05) is 13.7 Å². The molecule has 0 saturated carbocycles. The van der Waals surface area contributed by atoms with E-state index < -0.39 is 37.9 Å². The highest BCUT2D eigenvalue weighted by Gasteiger charge is 2.46. The van der Waals surface area contributed by atoms with Crippen molar-refractivity contribution in [2.24, 2.45) is 5.92 Å². The Bertz CT molecular complexity index is 884. The number of rotatable bonds is 6. The first-order chi connectivity index (χ1) is 15.1. The van der Waals surface area contributed by atoms with Crippen LogP contribution in [0.3, 0.4) is 0 Å². The number of imide groups is 1. The fourth-order valence-electron chi connectivity index (χ4n) is 3.52. The molecule has 1 aliphatic heterocycles. The molecule has 8 heteroatoms. The molecular formula is C25H39NO6Si. The van der Waals surface area contributed by atoms with Crippen LogP contribution in [0.2, 0.25) is 18.1 Å². The van der Waals surface area contributed by atoms with Crippen LogP contribution in [0.5, 0.6) is 0 Å². The molecule has 0 bridgehead atoms. The maximum atomic E-state index is 13.3. The van der Waals surface area contributed by atoms with Gasteiger partial charge in [0.05, 0.1) is 25.3 Å². The molecule has 0 aromatic heterocycles. The van der Waals surface area contributed by atoms with Gasteiger partial charge in [-0.2, -0.15) is 0 Å². The summed E-state index contributed by atoms with van der Waals surface area (Å²) < 4.78 is 16.7. The van der Waals surface area contributed by atoms with Crippen molar-refractivity contribution in [3.8, 4) is 0 Å². The summed E-state index contributed by atoms with van der Waals surface area (Å²) in [6, 6.07) is 6.66. The number of hydrogen-bond donors (Lipinski definition) is 0. The molecule has 1 saturated heterocycles. The fourth-order valence-corrected chi connectivity index (χ4v) is 4.57. The number of likely N-dealkylation sites (tertiary alicyclic amines) is 1. The van der Waals surface area contributed by atoms with Crippen LogP contribution in [0, 0.1) is 5.92 Å². The van der Waals surface area contributed by atoms with E-state index in [9.17, 15) is 14.4 Å². The lowest BCUT2D eigenvalue weighted by Gasteiger charge is -2.37. The second-order valence-electron chi connectivity index (χ2n) is 11.2. The van der Waals surface area contributed by atoms with Crippen LogP contribution in [0.4, 0.5) is 4.79 Å². The minimum atomic E-state index is -2.07. The monoisotopic (exact) mass is 477 g/mol. The Balaban J connectivity index is 2.26. The predicted molar refractivity (Wildman–Crippen MR) is 130 cm³/mol. The van der Waals surface area contributed by atoms with Gasteiger partial charge in [-0.15, -0.1) is 0 Å². The van der Waals surface area contributed by atoms with Gasteiger partial charge in [-0.05, 0) is 69.4 Å². The van der Waals surface area contributed by atoms with Crippen LogP contribution >= 0.6 is 0 Å². The zero-order chi connectivity index (χ0) is 25.2. The van der Waals surface area contributed by atoms with Gasteiger partial charge in [-0.3, -0.25) is 4.79 Å². The second-order valence-corrected chi connectivity index (χ2v) is 16.1. The molecular weight excluding hydrogens is 438 g/mol. The van der Waals surface area contributed by atoms with Crippen LogP contribution in [0.1, 0.15) is 63.9 Å². The Morgan fingerprint density at radius 1 is 1.12 bits per heavy atom. The highest BCUT2D eigenvalue weighted by atomic mass is 28.4. The molecule has 184 valence electrons. The van der Waals surface area contributed by atoms with Gasteiger partial charge in [0.2, 0.25) is 5.91 Å². The Kier molecular flexibility index (Phi) is 8.17. The molecule has 7 nitrogen and oxygen atoms in total. The van der Waals surface area contributed by atoms with Crippen LogP contribution in [-0.2, 0) is 25.1 Å². The molecule has 1 aromatic rings. The number of carbonyl (C=O) groups excluding carboxylic acids is 3. The molecule has 2 unspecified atom stereocenters. The van der Waals surface area contributed by atoms with Crippen molar-refractivity contribution in [2.45, 2.75) is 84.2 Å². The first kappa shape index (κ1) is 27.1. The van der Waals surface area contributed by atoms with Gasteiger partial charge in [0, 0.05) is 5.92 Å². The average Bonchev–Trinajstić information content (AvgIpc) is 2.99. The summed E-state index contributed by atoms with van der Waals surface area (Å²) in [4.78, 5) is 39.4. The number of ether oxygens (including phenoxy) is 2. The highest BCUT2D eigenvalue weighted by molar-refractivity contribution is 6.74. The molecule has 2 atom stereocenters. The van der Waals surface area contributed by atoms with E-state index >= 15 is 0 Å². The van der Waals surface area contributed by atoms with Gasteiger partial charge in [0.1, 0.15) is 5.60 Å². The minimum Gasteiger partial charge on any atom is -0.465 e. The quantitative estimate of drug-likeness (QED) is 0.414. The van der Waals surface area contributed by atoms with Crippen LogP contribution < -0.4 is 0 Å². The lowest BCUT2D eigenvalue weighted by Crippen LogP contribution is -2.48. The molecule has 2 rings (SSSR count). The van der Waals surface area contributed by atoms with E-state index in [1.54, 1.807) is 39.0 Å². The molecule has 1 aromatic carbocycles. The number of benzene rings is 1. The standard InChI is InChI=1S/C25H39NO6Si/c1-24(2,3)32-23(29)26-20(16-31-33(8,9)25(4,5)6)15-19(21(26)27)14-17-11-10-12-18(13-17)22(28)30-7/h10-13,19-20H,14-16H2,1-9H3. The van der Waals surface area contributed by atoms with Gasteiger partial charge >= 0.3 is 12.1 Å². The number of carbonyl (C=O) groups is 3. The molecule has 0 spiro atoms. The Morgan fingerprint density at radius 2 is 1.76 bits per heavy atom. The Labute approximate surface area is 198 Å². The molecule has 2 amide bonds. The Morgan fingerprint density at radius 3 is 2.30 bits per heavy atom. The summed E-state index contributed by atoms with van der Waals surface area (Å²) in [6.45, 7) is 16.4. The third kappa shape index (κ3) is 6.90. The summed E-state index contributed by atoms with van der Waals surface area (Å²) in [6.07, 6.45) is 0.261. The normalized spacial score (nSPS) is 19.5. The predicted octanol–water partition coefficient (Wildman–Crippen LogP) is 5.19. The van der Waals surface area contributed by atoms with Crippen molar-refractivity contribution in [3.63, 3.8) is 0 Å². The van der Waals surface area contributed by atoms with E-state index in [1.807, 2.05) is 6.07 Å². The van der Waals surface area contributed by atoms with E-state index in [2.05, 4.69) is 33.9 Å². The molecule has 1 aliphatic rings. The van der Waals surface area contributed by atoms with Gasteiger partial charge < -0.3 is 13.9 Å². The van der Waals surface area contributed by atoms with Crippen molar-refractivity contribution >= 4 is 26.3 Å². The maximum absolute atomic E-state index is 13.3. The smallest absolute Gasteiger partial charge is 0.417 e. The third-order valence-electron chi connectivity index (χ3n) is 6.37. The van der Waals surface area contributed by atoms with Gasteiger partial charge in [0.25, 0.3) is 0 Å². The summed E-state index contributed by atoms with van der Waals surface area (Å²) in [5, 5.41) is 0.0140. The van der Waals surface area contributed by atoms with Gasteiger partial charge in [-0.25, -0.2) is 14.5 Å². The van der Waals surface area contributed by atoms with Crippen molar-refractivity contribution < 1.29 is 28.3 Å². The van der Waals surface area contributed by atoms with Crippen molar-refractivity contribution in [1.82, 2.24) is 4.90 Å². The number of amides is 2. The molecule has 1 fully saturated rings. The lowest BCUT2D eigenvalue weighted by molar-refractivity contribution is -0.131. The molecule has 0 radical (unpaired) electrons.